The highest BCUT2D eigenvalue weighted by Gasteiger charge is 2.19. The van der Waals surface area contributed by atoms with Crippen molar-refractivity contribution in [2.75, 3.05) is 12.4 Å². The molecule has 4 nitrogen and oxygen atoms in total. The van der Waals surface area contributed by atoms with Gasteiger partial charge in [0.2, 0.25) is 5.88 Å². The summed E-state index contributed by atoms with van der Waals surface area (Å²) < 4.78 is 18.8. The molecule has 112 valence electrons. The average molecular weight is 310 g/mol. The highest BCUT2D eigenvalue weighted by molar-refractivity contribution is 6.30. The Morgan fingerprint density at radius 2 is 1.90 bits per heavy atom. The number of ether oxygens (including phenoxy) is 1. The molecule has 0 fully saturated rings. The van der Waals surface area contributed by atoms with Crippen molar-refractivity contribution in [3.8, 4) is 11.6 Å². The van der Waals surface area contributed by atoms with Gasteiger partial charge in [-0.15, -0.1) is 0 Å². The van der Waals surface area contributed by atoms with Gasteiger partial charge in [-0.25, -0.2) is 9.37 Å². The molecule has 0 aliphatic heterocycles. The minimum atomic E-state index is -0.488. The van der Waals surface area contributed by atoms with Crippen LogP contribution in [-0.2, 0) is 5.41 Å². The number of nitrogens with zero attached hydrogens (tertiary/aromatic N) is 2. The number of benzene rings is 1. The number of hydrogen-bond acceptors (Lipinski definition) is 4. The van der Waals surface area contributed by atoms with Gasteiger partial charge in [0, 0.05) is 24.6 Å². The first kappa shape index (κ1) is 15.5. The van der Waals surface area contributed by atoms with Crippen LogP contribution in [0.25, 0.3) is 0 Å². The van der Waals surface area contributed by atoms with E-state index in [2.05, 4.69) is 15.3 Å². The van der Waals surface area contributed by atoms with Crippen LogP contribution in [0.3, 0.4) is 0 Å². The number of aromatic nitrogens is 2. The van der Waals surface area contributed by atoms with E-state index in [1.165, 1.54) is 18.2 Å². The van der Waals surface area contributed by atoms with E-state index in [9.17, 15) is 4.39 Å². The molecule has 1 aromatic heterocycles. The van der Waals surface area contributed by atoms with Gasteiger partial charge < -0.3 is 10.1 Å². The monoisotopic (exact) mass is 309 g/mol. The molecule has 2 rings (SSSR count). The minimum absolute atomic E-state index is 0.00596. The van der Waals surface area contributed by atoms with E-state index in [0.29, 0.717) is 23.3 Å². The van der Waals surface area contributed by atoms with Crippen molar-refractivity contribution in [2.24, 2.45) is 0 Å². The molecule has 0 aliphatic rings. The van der Waals surface area contributed by atoms with Gasteiger partial charge in [0.1, 0.15) is 23.2 Å². The molecule has 2 aromatic rings. The summed E-state index contributed by atoms with van der Waals surface area (Å²) in [6.07, 6.45) is 0. The second-order valence-corrected chi connectivity index (χ2v) is 6.00. The predicted molar refractivity (Wildman–Crippen MR) is 81.8 cm³/mol. The topological polar surface area (TPSA) is 47.0 Å². The third-order valence-corrected chi connectivity index (χ3v) is 3.03. The van der Waals surface area contributed by atoms with Crippen LogP contribution in [-0.4, -0.2) is 17.0 Å². The van der Waals surface area contributed by atoms with Crippen LogP contribution < -0.4 is 10.1 Å². The molecule has 1 aromatic carbocycles. The van der Waals surface area contributed by atoms with Gasteiger partial charge in [0.25, 0.3) is 0 Å². The van der Waals surface area contributed by atoms with E-state index in [-0.39, 0.29) is 10.4 Å². The van der Waals surface area contributed by atoms with Crippen molar-refractivity contribution in [1.29, 1.82) is 0 Å². The summed E-state index contributed by atoms with van der Waals surface area (Å²) in [6.45, 7) is 6.04. The van der Waals surface area contributed by atoms with Gasteiger partial charge in [-0.05, 0) is 12.1 Å². The Morgan fingerprint density at radius 3 is 2.48 bits per heavy atom. The molecule has 0 saturated carbocycles. The molecule has 0 radical (unpaired) electrons. The van der Waals surface area contributed by atoms with Gasteiger partial charge in [0.15, 0.2) is 0 Å². The molecule has 0 bridgehead atoms. The lowest BCUT2D eigenvalue weighted by Gasteiger charge is -2.18. The molecular formula is C15H17ClFN3O. The maximum absolute atomic E-state index is 13.2. The third kappa shape index (κ3) is 3.82. The molecule has 1 N–H and O–H groups in total. The van der Waals surface area contributed by atoms with Crippen molar-refractivity contribution in [3.63, 3.8) is 0 Å². The van der Waals surface area contributed by atoms with Gasteiger partial charge in [-0.1, -0.05) is 32.4 Å². The minimum Gasteiger partial charge on any atom is -0.439 e. The highest BCUT2D eigenvalue weighted by atomic mass is 35.5. The first-order valence-corrected chi connectivity index (χ1v) is 6.87. The van der Waals surface area contributed by atoms with E-state index in [0.717, 1.165) is 0 Å². The average Bonchev–Trinajstić information content (AvgIpc) is 2.41. The summed E-state index contributed by atoms with van der Waals surface area (Å²) in [4.78, 5) is 8.80. The van der Waals surface area contributed by atoms with Crippen LogP contribution in [0.2, 0.25) is 5.02 Å². The van der Waals surface area contributed by atoms with E-state index in [1.807, 2.05) is 20.8 Å². The number of halogens is 2. The standard InChI is InChI=1S/C15H17ClFN3O/c1-15(2,3)14-19-12(18-4)8-13(20-14)21-9-5-6-11(17)10(16)7-9/h5-8H,1-4H3,(H,18,19,20). The van der Waals surface area contributed by atoms with Crippen molar-refractivity contribution in [2.45, 2.75) is 26.2 Å². The van der Waals surface area contributed by atoms with Gasteiger partial charge in [-0.3, -0.25) is 0 Å². The van der Waals surface area contributed by atoms with Crippen LogP contribution >= 0.6 is 11.6 Å². The maximum Gasteiger partial charge on any atom is 0.224 e. The Balaban J connectivity index is 2.36. The van der Waals surface area contributed by atoms with Crippen LogP contribution in [0.1, 0.15) is 26.6 Å². The predicted octanol–water partition coefficient (Wildman–Crippen LogP) is 4.40. The lowest BCUT2D eigenvalue weighted by atomic mass is 9.96. The zero-order chi connectivity index (χ0) is 15.6. The van der Waals surface area contributed by atoms with Crippen LogP contribution in [0.15, 0.2) is 24.3 Å². The molecule has 0 unspecified atom stereocenters. The van der Waals surface area contributed by atoms with E-state index in [4.69, 9.17) is 16.3 Å². The normalized spacial score (nSPS) is 11.3. The van der Waals surface area contributed by atoms with Crippen LogP contribution in [0.4, 0.5) is 10.2 Å². The third-order valence-electron chi connectivity index (χ3n) is 2.74. The lowest BCUT2D eigenvalue weighted by Crippen LogP contribution is -2.17. The molecule has 0 amide bonds. The largest absolute Gasteiger partial charge is 0.439 e. The Bertz CT molecular complexity index is 656. The number of hydrogen-bond donors (Lipinski definition) is 1. The SMILES string of the molecule is CNc1cc(Oc2ccc(F)c(Cl)c2)nc(C(C)(C)C)n1. The summed E-state index contributed by atoms with van der Waals surface area (Å²) in [5, 5.41) is 2.97. The second kappa shape index (κ2) is 5.85. The summed E-state index contributed by atoms with van der Waals surface area (Å²) in [5.74, 6) is 1.61. The van der Waals surface area contributed by atoms with Crippen molar-refractivity contribution in [3.05, 3.63) is 40.9 Å². The smallest absolute Gasteiger partial charge is 0.224 e. The first-order valence-electron chi connectivity index (χ1n) is 6.50. The molecule has 21 heavy (non-hydrogen) atoms. The fraction of sp³-hybridized carbons (Fsp3) is 0.333. The zero-order valence-corrected chi connectivity index (χ0v) is 13.1. The Labute approximate surface area is 128 Å². The maximum atomic E-state index is 13.2. The first-order chi connectivity index (χ1) is 9.79. The summed E-state index contributed by atoms with van der Waals surface area (Å²) in [5.41, 5.74) is -0.217. The summed E-state index contributed by atoms with van der Waals surface area (Å²) >= 11 is 5.74. The van der Waals surface area contributed by atoms with Crippen LogP contribution in [0.5, 0.6) is 11.6 Å². The molecule has 0 saturated heterocycles. The zero-order valence-electron chi connectivity index (χ0n) is 12.4. The fourth-order valence-corrected chi connectivity index (χ4v) is 1.77. The van der Waals surface area contributed by atoms with Crippen molar-refractivity contribution in [1.82, 2.24) is 9.97 Å². The van der Waals surface area contributed by atoms with E-state index >= 15 is 0 Å². The fourth-order valence-electron chi connectivity index (χ4n) is 1.60. The molecule has 0 atom stereocenters. The molecule has 6 heteroatoms. The quantitative estimate of drug-likeness (QED) is 0.913. The van der Waals surface area contributed by atoms with Crippen molar-refractivity contribution < 1.29 is 9.13 Å². The number of rotatable bonds is 3. The Kier molecular flexibility index (Phi) is 4.32. The van der Waals surface area contributed by atoms with E-state index in [1.54, 1.807) is 13.1 Å². The molecule has 0 spiro atoms. The summed E-state index contributed by atoms with van der Waals surface area (Å²) in [7, 11) is 1.77. The lowest BCUT2D eigenvalue weighted by molar-refractivity contribution is 0.445. The highest BCUT2D eigenvalue weighted by Crippen LogP contribution is 2.28. The van der Waals surface area contributed by atoms with Gasteiger partial charge in [0.05, 0.1) is 5.02 Å². The molecule has 0 aliphatic carbocycles. The number of nitrogens with one attached hydrogen (secondary N) is 1. The Hall–Kier alpha value is -1.88. The Morgan fingerprint density at radius 1 is 1.19 bits per heavy atom. The molecule has 1 heterocycles. The number of anilines is 1. The van der Waals surface area contributed by atoms with Gasteiger partial charge >= 0.3 is 0 Å². The molecular weight excluding hydrogens is 293 g/mol. The summed E-state index contributed by atoms with van der Waals surface area (Å²) in [6, 6.07) is 5.84. The van der Waals surface area contributed by atoms with E-state index < -0.39 is 5.82 Å². The van der Waals surface area contributed by atoms with Crippen molar-refractivity contribution >= 4 is 17.4 Å². The second-order valence-electron chi connectivity index (χ2n) is 5.59. The van der Waals surface area contributed by atoms with Gasteiger partial charge in [-0.2, -0.15) is 4.98 Å². The van der Waals surface area contributed by atoms with Crippen LogP contribution in [0, 0.1) is 5.82 Å².